The van der Waals surface area contributed by atoms with Gasteiger partial charge in [-0.1, -0.05) is 65.7 Å². The first-order valence-corrected chi connectivity index (χ1v) is 22.5. The fourth-order valence-corrected chi connectivity index (χ4v) is 8.36. The number of aryl methyl sites for hydroxylation is 15. The van der Waals surface area contributed by atoms with E-state index in [1.807, 2.05) is 0 Å². The highest BCUT2D eigenvalue weighted by atomic mass is 14.9. The van der Waals surface area contributed by atoms with Gasteiger partial charge in [0.05, 0.1) is 5.56 Å². The van der Waals surface area contributed by atoms with Crippen LogP contribution in [-0.4, -0.2) is 0 Å². The Hall–Kier alpha value is -6.52. The quantitative estimate of drug-likeness (QED) is 0.157. The highest BCUT2D eigenvalue weighted by Gasteiger charge is 2.16. The minimum Gasteiger partial charge on any atom is -0.201 e. The van der Waals surface area contributed by atoms with Crippen LogP contribution >= 0.6 is 0 Å². The van der Waals surface area contributed by atoms with Crippen LogP contribution in [0.2, 0.25) is 0 Å². The van der Waals surface area contributed by atoms with Crippen LogP contribution in [0.5, 0.6) is 0 Å². The molecule has 8 rings (SSSR count). The standard InChI is InChI=1S/4C15H18N/c1-11-5-7-14(13(3)9-11)15-8-6-12(2)10-16(15)4;1-11-5-7-13(3)14(9-11)15-8-6-12(2)10-16(15)4;1-11-8-9-16(4)15(10-11)14-7-5-6-12(2)13(14)3;1-11-8-9-14(16(4)10-11)15-12(2)6-5-7-13(15)3/h4*5-10H,1-4H3/q4*+1. The zero-order valence-corrected chi connectivity index (χ0v) is 41.6. The van der Waals surface area contributed by atoms with Gasteiger partial charge in [0.25, 0.3) is 0 Å². The molecule has 0 aliphatic rings. The van der Waals surface area contributed by atoms with Crippen molar-refractivity contribution in [2.75, 3.05) is 0 Å². The summed E-state index contributed by atoms with van der Waals surface area (Å²) in [5.41, 5.74) is 26.2. The van der Waals surface area contributed by atoms with Crippen molar-refractivity contribution in [3.05, 3.63) is 213 Å². The SMILES string of the molecule is Cc1cc[n+](C)c(-c2cccc(C)c2C)c1.Cc1ccc(-c2c(C)cccc2C)[n+](C)c1.Cc1ccc(-c2ccc(C)c[n+]2C)c(C)c1.Cc1ccc(C)c(-c2ccc(C)c[n+]2C)c1. The second-order valence-electron chi connectivity index (χ2n) is 18.0. The van der Waals surface area contributed by atoms with Crippen molar-refractivity contribution in [1.82, 2.24) is 0 Å². The van der Waals surface area contributed by atoms with Gasteiger partial charge >= 0.3 is 0 Å². The highest BCUT2D eigenvalue weighted by molar-refractivity contribution is 5.66. The molecular weight excluding hydrogens is 777 g/mol. The van der Waals surface area contributed by atoms with Crippen molar-refractivity contribution in [1.29, 1.82) is 0 Å². The van der Waals surface area contributed by atoms with Crippen molar-refractivity contribution in [2.45, 2.75) is 83.1 Å². The Kier molecular flexibility index (Phi) is 16.5. The third kappa shape index (κ3) is 12.3. The van der Waals surface area contributed by atoms with Gasteiger partial charge in [0.2, 0.25) is 22.8 Å². The molecule has 0 atom stereocenters. The summed E-state index contributed by atoms with van der Waals surface area (Å²) in [6.45, 7) is 25.8. The van der Waals surface area contributed by atoms with E-state index in [0.29, 0.717) is 0 Å². The first-order valence-electron chi connectivity index (χ1n) is 22.5. The Morgan fingerprint density at radius 1 is 0.281 bits per heavy atom. The van der Waals surface area contributed by atoms with Crippen molar-refractivity contribution in [3.8, 4) is 45.0 Å². The molecule has 0 saturated heterocycles. The number of hydrogen-bond acceptors (Lipinski definition) is 0. The van der Waals surface area contributed by atoms with Crippen LogP contribution < -0.4 is 18.3 Å². The van der Waals surface area contributed by atoms with Crippen molar-refractivity contribution in [2.24, 2.45) is 28.2 Å². The monoisotopic (exact) mass is 849 g/mol. The predicted octanol–water partition coefficient (Wildman–Crippen LogP) is 12.4. The molecule has 0 spiro atoms. The molecule has 4 heterocycles. The highest BCUT2D eigenvalue weighted by Crippen LogP contribution is 2.26. The minimum atomic E-state index is 1.27. The lowest BCUT2D eigenvalue weighted by atomic mass is 9.99. The number of benzene rings is 4. The van der Waals surface area contributed by atoms with Crippen LogP contribution in [-0.2, 0) is 28.2 Å². The molecule has 4 heteroatoms. The molecule has 328 valence electrons. The number of aromatic nitrogens is 4. The van der Waals surface area contributed by atoms with E-state index in [0.717, 1.165) is 0 Å². The van der Waals surface area contributed by atoms with Gasteiger partial charge in [-0.3, -0.25) is 0 Å². The van der Waals surface area contributed by atoms with E-state index in [9.17, 15) is 0 Å². The number of nitrogens with zero attached hydrogens (tertiary/aromatic N) is 4. The van der Waals surface area contributed by atoms with Gasteiger partial charge in [-0.15, -0.1) is 0 Å². The average molecular weight is 849 g/mol. The molecule has 0 radical (unpaired) electrons. The van der Waals surface area contributed by atoms with E-state index >= 15 is 0 Å². The summed E-state index contributed by atoms with van der Waals surface area (Å²) in [6.07, 6.45) is 8.61. The summed E-state index contributed by atoms with van der Waals surface area (Å²) >= 11 is 0. The van der Waals surface area contributed by atoms with E-state index in [1.54, 1.807) is 0 Å². The van der Waals surface area contributed by atoms with Crippen LogP contribution in [0, 0.1) is 83.1 Å². The van der Waals surface area contributed by atoms with Crippen LogP contribution in [0.1, 0.15) is 66.8 Å². The second-order valence-corrected chi connectivity index (χ2v) is 18.0. The van der Waals surface area contributed by atoms with E-state index < -0.39 is 0 Å². The zero-order valence-electron chi connectivity index (χ0n) is 41.6. The molecule has 4 nitrogen and oxygen atoms in total. The normalized spacial score (nSPS) is 10.5. The van der Waals surface area contributed by atoms with Crippen molar-refractivity contribution >= 4 is 0 Å². The largest absolute Gasteiger partial charge is 0.212 e. The average Bonchev–Trinajstić information content (AvgIpc) is 3.23. The van der Waals surface area contributed by atoms with E-state index in [4.69, 9.17) is 0 Å². The third-order valence-corrected chi connectivity index (χ3v) is 12.1. The second kappa shape index (κ2) is 21.7. The molecule has 4 aromatic carbocycles. The lowest BCUT2D eigenvalue weighted by molar-refractivity contribution is -0.660. The Morgan fingerprint density at radius 2 is 0.734 bits per heavy atom. The Balaban J connectivity index is 0.000000161. The minimum absolute atomic E-state index is 1.27. The van der Waals surface area contributed by atoms with Gasteiger partial charge in [-0.2, -0.15) is 0 Å². The molecule has 0 unspecified atom stereocenters. The fraction of sp³-hybridized carbons (Fsp3) is 0.267. The van der Waals surface area contributed by atoms with E-state index in [-0.39, 0.29) is 0 Å². The topological polar surface area (TPSA) is 15.5 Å². The molecule has 8 aromatic rings. The molecule has 0 aliphatic heterocycles. The maximum atomic E-state index is 2.25. The smallest absolute Gasteiger partial charge is 0.201 e. The molecule has 4 aromatic heterocycles. The summed E-state index contributed by atoms with van der Waals surface area (Å²) in [5, 5.41) is 0. The van der Waals surface area contributed by atoms with Crippen LogP contribution in [0.4, 0.5) is 0 Å². The van der Waals surface area contributed by atoms with Crippen molar-refractivity contribution in [3.63, 3.8) is 0 Å². The maximum absolute atomic E-state index is 2.25. The van der Waals surface area contributed by atoms with Gasteiger partial charge in [0.1, 0.15) is 28.2 Å². The van der Waals surface area contributed by atoms with Gasteiger partial charge in [0, 0.05) is 63.7 Å². The van der Waals surface area contributed by atoms with Crippen LogP contribution in [0.25, 0.3) is 45.0 Å². The van der Waals surface area contributed by atoms with Crippen LogP contribution in [0.3, 0.4) is 0 Å². The van der Waals surface area contributed by atoms with E-state index in [2.05, 4.69) is 276 Å². The molecule has 0 N–H and O–H groups in total. The summed E-state index contributed by atoms with van der Waals surface area (Å²) in [7, 11) is 8.40. The lowest BCUT2D eigenvalue weighted by Gasteiger charge is -2.07. The van der Waals surface area contributed by atoms with E-state index in [1.165, 1.54) is 112 Å². The molecular formula is C60H72N4+4. The van der Waals surface area contributed by atoms with Gasteiger partial charge < -0.3 is 0 Å². The molecule has 0 aliphatic carbocycles. The molecule has 0 amide bonds. The molecule has 0 bridgehead atoms. The molecule has 0 saturated carbocycles. The summed E-state index contributed by atoms with van der Waals surface area (Å²) in [5.74, 6) is 0. The first-order chi connectivity index (χ1) is 30.3. The fourth-order valence-electron chi connectivity index (χ4n) is 8.36. The number of pyridine rings is 4. The number of rotatable bonds is 4. The van der Waals surface area contributed by atoms with Crippen molar-refractivity contribution < 1.29 is 18.3 Å². The van der Waals surface area contributed by atoms with Gasteiger partial charge in [-0.05, 0) is 158 Å². The zero-order chi connectivity index (χ0) is 46.8. The summed E-state index contributed by atoms with van der Waals surface area (Å²) in [6, 6.07) is 43.6. The Bertz CT molecular complexity index is 2830. The number of hydrogen-bond donors (Lipinski definition) is 0. The van der Waals surface area contributed by atoms with Crippen LogP contribution in [0.15, 0.2) is 146 Å². The molecule has 0 fully saturated rings. The summed E-state index contributed by atoms with van der Waals surface area (Å²) < 4.78 is 8.75. The first kappa shape index (κ1) is 48.5. The lowest BCUT2D eigenvalue weighted by Crippen LogP contribution is -2.31. The summed E-state index contributed by atoms with van der Waals surface area (Å²) in [4.78, 5) is 0. The Morgan fingerprint density at radius 3 is 1.28 bits per heavy atom. The molecule has 64 heavy (non-hydrogen) atoms. The predicted molar refractivity (Wildman–Crippen MR) is 269 cm³/mol. The third-order valence-electron chi connectivity index (χ3n) is 12.1. The Labute approximate surface area is 385 Å². The van der Waals surface area contributed by atoms with Gasteiger partial charge in [0.15, 0.2) is 24.8 Å². The maximum Gasteiger partial charge on any atom is 0.212 e. The van der Waals surface area contributed by atoms with Gasteiger partial charge in [-0.25, -0.2) is 18.3 Å².